The number of carbonyl (C=O) groups is 2. The summed E-state index contributed by atoms with van der Waals surface area (Å²) in [5.41, 5.74) is -1.91. The highest BCUT2D eigenvalue weighted by atomic mass is 79.9. The number of nitriles is 1. The Morgan fingerprint density at radius 2 is 1.89 bits per heavy atom. The third-order valence-electron chi connectivity index (χ3n) is 5.36. The van der Waals surface area contributed by atoms with Gasteiger partial charge >= 0.3 is 18.2 Å². The molecule has 1 unspecified atom stereocenters. The number of anilines is 1. The van der Waals surface area contributed by atoms with E-state index in [0.29, 0.717) is 0 Å². The third kappa shape index (κ3) is 4.89. The molecular weight excluding hydrogens is 555 g/mol. The minimum atomic E-state index is -4.70. The van der Waals surface area contributed by atoms with Crippen molar-refractivity contribution >= 4 is 43.5 Å². The van der Waals surface area contributed by atoms with Crippen molar-refractivity contribution in [3.05, 3.63) is 70.4 Å². The van der Waals surface area contributed by atoms with Crippen molar-refractivity contribution in [2.45, 2.75) is 17.1 Å². The summed E-state index contributed by atoms with van der Waals surface area (Å²) in [6.45, 7) is 0. The van der Waals surface area contributed by atoms with Gasteiger partial charge in [-0.05, 0) is 35.9 Å². The van der Waals surface area contributed by atoms with Crippen LogP contribution in [0.15, 0.2) is 58.6 Å². The lowest BCUT2D eigenvalue weighted by molar-refractivity contribution is -0.137. The maximum atomic E-state index is 13.4. The van der Waals surface area contributed by atoms with Crippen LogP contribution in [0.4, 0.5) is 23.7 Å². The number of hydrogen-bond acceptors (Lipinski definition) is 5. The van der Waals surface area contributed by atoms with Crippen LogP contribution in [0.2, 0.25) is 0 Å². The van der Waals surface area contributed by atoms with E-state index >= 15 is 0 Å². The Kier molecular flexibility index (Phi) is 7.01. The fourth-order valence-electron chi connectivity index (χ4n) is 3.83. The number of urea groups is 1. The van der Waals surface area contributed by atoms with Crippen molar-refractivity contribution in [2.75, 3.05) is 23.5 Å². The number of hydrogen-bond donors (Lipinski definition) is 1. The molecule has 0 radical (unpaired) electrons. The lowest BCUT2D eigenvalue weighted by atomic mass is 9.92. The molecule has 0 spiro atoms. The molecule has 0 fully saturated rings. The van der Waals surface area contributed by atoms with Crippen molar-refractivity contribution in [3.8, 4) is 6.07 Å². The van der Waals surface area contributed by atoms with E-state index in [1.54, 1.807) is 0 Å². The molecule has 35 heavy (non-hydrogen) atoms. The van der Waals surface area contributed by atoms with Crippen molar-refractivity contribution < 1.29 is 36.3 Å². The second kappa shape index (κ2) is 9.35. The number of aliphatic carboxylic acids is 1. The van der Waals surface area contributed by atoms with E-state index < -0.39 is 45.2 Å². The summed E-state index contributed by atoms with van der Waals surface area (Å²) in [4.78, 5) is 27.3. The van der Waals surface area contributed by atoms with E-state index in [4.69, 9.17) is 0 Å². The molecule has 2 amide bonds. The van der Waals surface area contributed by atoms with E-state index in [9.17, 15) is 41.5 Å². The average Bonchev–Trinajstić information content (AvgIpc) is 2.78. The number of carbonyl (C=O) groups excluding carboxylic acids is 1. The average molecular weight is 572 g/mol. The minimum Gasteiger partial charge on any atom is -0.478 e. The number of nitrogens with zero attached hydrogens (tertiary/aromatic N) is 3. The zero-order valence-corrected chi connectivity index (χ0v) is 20.6. The van der Waals surface area contributed by atoms with Crippen LogP contribution in [-0.2, 0) is 20.8 Å². The standard InChI is InChI=1S/C22H17BrF3N3O5S/c1-28-19(15-7-6-12(11-27)8-17(15)35(2,33)34)18(20(30)31)16(10-23)29(21(28)32)14-5-3-4-13(9-14)22(24,25)26/h3-9,19H,10H2,1-2H3,(H,30,31). The first-order valence-electron chi connectivity index (χ1n) is 9.73. The van der Waals surface area contributed by atoms with Gasteiger partial charge in [0.25, 0.3) is 0 Å². The molecule has 1 N–H and O–H groups in total. The number of carboxylic acids is 1. The predicted molar refractivity (Wildman–Crippen MR) is 123 cm³/mol. The van der Waals surface area contributed by atoms with Crippen LogP contribution in [-0.4, -0.2) is 49.1 Å². The Balaban J connectivity index is 2.34. The Labute approximate surface area is 206 Å². The normalized spacial score (nSPS) is 16.9. The zero-order chi connectivity index (χ0) is 26.3. The number of carboxylic acid groups (broad SMARTS) is 1. The molecule has 8 nitrogen and oxygen atoms in total. The summed E-state index contributed by atoms with van der Waals surface area (Å²) in [6.07, 6.45) is -3.83. The quantitative estimate of drug-likeness (QED) is 0.533. The highest BCUT2D eigenvalue weighted by Crippen LogP contribution is 2.42. The summed E-state index contributed by atoms with van der Waals surface area (Å²) in [5, 5.41) is 19.0. The van der Waals surface area contributed by atoms with Gasteiger partial charge in [0.15, 0.2) is 9.84 Å². The van der Waals surface area contributed by atoms with Gasteiger partial charge in [-0.3, -0.25) is 4.90 Å². The first-order chi connectivity index (χ1) is 16.2. The van der Waals surface area contributed by atoms with Crippen molar-refractivity contribution in [1.82, 2.24) is 4.90 Å². The molecule has 3 rings (SSSR count). The first kappa shape index (κ1) is 26.2. The van der Waals surface area contributed by atoms with Gasteiger partial charge in [-0.15, -0.1) is 0 Å². The SMILES string of the molecule is CN1C(=O)N(c2cccc(C(F)(F)F)c2)C(CBr)=C(C(=O)O)C1c1ccc(C#N)cc1S(C)(=O)=O. The van der Waals surface area contributed by atoms with E-state index in [1.807, 2.05) is 6.07 Å². The molecule has 0 bridgehead atoms. The van der Waals surface area contributed by atoms with E-state index in [2.05, 4.69) is 15.9 Å². The molecule has 1 aliphatic heterocycles. The Morgan fingerprint density at radius 3 is 2.40 bits per heavy atom. The molecule has 0 aliphatic carbocycles. The monoisotopic (exact) mass is 571 g/mol. The molecular formula is C22H17BrF3N3O5S. The van der Waals surface area contributed by atoms with Crippen LogP contribution in [0.3, 0.4) is 0 Å². The summed E-state index contributed by atoms with van der Waals surface area (Å²) in [5.74, 6) is -1.51. The summed E-state index contributed by atoms with van der Waals surface area (Å²) in [7, 11) is -2.76. The summed E-state index contributed by atoms with van der Waals surface area (Å²) < 4.78 is 64.8. The van der Waals surface area contributed by atoms with Crippen LogP contribution in [0.1, 0.15) is 22.7 Å². The lowest BCUT2D eigenvalue weighted by Gasteiger charge is -2.41. The minimum absolute atomic E-state index is 0.00567. The van der Waals surface area contributed by atoms with Gasteiger partial charge in [-0.25, -0.2) is 18.0 Å². The smallest absolute Gasteiger partial charge is 0.416 e. The molecule has 1 aliphatic rings. The van der Waals surface area contributed by atoms with Crippen molar-refractivity contribution in [2.24, 2.45) is 0 Å². The topological polar surface area (TPSA) is 119 Å². The van der Waals surface area contributed by atoms with Gasteiger partial charge < -0.3 is 10.0 Å². The molecule has 2 aromatic rings. The third-order valence-corrected chi connectivity index (χ3v) is 7.04. The predicted octanol–water partition coefficient (Wildman–Crippen LogP) is 4.33. The number of halogens is 4. The molecule has 0 aromatic heterocycles. The van der Waals surface area contributed by atoms with E-state index in [-0.39, 0.29) is 32.7 Å². The number of benzene rings is 2. The second-order valence-electron chi connectivity index (χ2n) is 7.62. The molecule has 1 atom stereocenters. The number of alkyl halides is 4. The van der Waals surface area contributed by atoms with Gasteiger partial charge in [0.1, 0.15) is 0 Å². The molecule has 184 valence electrons. The molecule has 13 heteroatoms. The fourth-order valence-corrected chi connectivity index (χ4v) is 5.33. The van der Waals surface area contributed by atoms with E-state index in [1.165, 1.54) is 25.2 Å². The van der Waals surface area contributed by atoms with Gasteiger partial charge in [-0.2, -0.15) is 18.4 Å². The highest BCUT2D eigenvalue weighted by Gasteiger charge is 2.43. The largest absolute Gasteiger partial charge is 0.478 e. The number of allylic oxidation sites excluding steroid dienone is 1. The van der Waals surface area contributed by atoms with Gasteiger partial charge in [0.05, 0.1) is 45.1 Å². The maximum absolute atomic E-state index is 13.4. The Hall–Kier alpha value is -3.37. The van der Waals surface area contributed by atoms with Gasteiger partial charge in [0.2, 0.25) is 0 Å². The zero-order valence-electron chi connectivity index (χ0n) is 18.2. The van der Waals surface area contributed by atoms with E-state index in [0.717, 1.165) is 40.3 Å². The van der Waals surface area contributed by atoms with Crippen molar-refractivity contribution in [3.63, 3.8) is 0 Å². The molecule has 0 saturated heterocycles. The Morgan fingerprint density at radius 1 is 1.23 bits per heavy atom. The van der Waals surface area contributed by atoms with Crippen LogP contribution < -0.4 is 4.90 Å². The first-order valence-corrected chi connectivity index (χ1v) is 12.7. The van der Waals surface area contributed by atoms with Crippen LogP contribution in [0.5, 0.6) is 0 Å². The highest BCUT2D eigenvalue weighted by molar-refractivity contribution is 9.09. The Bertz CT molecular complexity index is 1400. The van der Waals surface area contributed by atoms with Gasteiger partial charge in [0, 0.05) is 18.6 Å². The van der Waals surface area contributed by atoms with Gasteiger partial charge in [-0.1, -0.05) is 28.1 Å². The number of sulfone groups is 1. The number of rotatable bonds is 5. The molecule has 2 aromatic carbocycles. The molecule has 0 saturated carbocycles. The van der Waals surface area contributed by atoms with Crippen LogP contribution >= 0.6 is 15.9 Å². The molecule has 1 heterocycles. The lowest BCUT2D eigenvalue weighted by Crippen LogP contribution is -2.50. The van der Waals surface area contributed by atoms with Crippen LogP contribution in [0, 0.1) is 11.3 Å². The maximum Gasteiger partial charge on any atom is 0.416 e. The second-order valence-corrected chi connectivity index (χ2v) is 10.2. The number of amides is 2. The van der Waals surface area contributed by atoms with Crippen molar-refractivity contribution in [1.29, 1.82) is 5.26 Å². The number of likely N-dealkylation sites (N-methyl/N-ethyl adjacent to an activating group) is 1. The summed E-state index contributed by atoms with van der Waals surface area (Å²) in [6, 6.07) is 6.99. The fraction of sp³-hybridized carbons (Fsp3) is 0.227. The summed E-state index contributed by atoms with van der Waals surface area (Å²) >= 11 is 3.13. The van der Waals surface area contributed by atoms with Crippen LogP contribution in [0.25, 0.3) is 0 Å².